The van der Waals surface area contributed by atoms with Crippen LogP contribution in [0.1, 0.15) is 25.1 Å². The molecule has 1 aliphatic rings. The second-order valence-corrected chi connectivity index (χ2v) is 9.94. The number of piperazine rings is 1. The first-order valence-electron chi connectivity index (χ1n) is 12.8. The number of fused-ring (bicyclic) bond motifs is 1. The highest BCUT2D eigenvalue weighted by atomic mass is 35.5. The summed E-state index contributed by atoms with van der Waals surface area (Å²) in [5.41, 5.74) is 2.35. The third-order valence-corrected chi connectivity index (χ3v) is 7.36. The molecule has 39 heavy (non-hydrogen) atoms. The third kappa shape index (κ3) is 4.67. The Morgan fingerprint density at radius 1 is 1.23 bits per heavy atom. The number of carbonyl (C=O) groups excluding carboxylic acids is 1. The van der Waals surface area contributed by atoms with Gasteiger partial charge in [-0.15, -0.1) is 0 Å². The molecular weight excluding hydrogens is 519 g/mol. The number of halogens is 2. The highest BCUT2D eigenvalue weighted by Gasteiger charge is 2.30. The Morgan fingerprint density at radius 2 is 2.00 bits per heavy atom. The molecule has 0 N–H and O–H groups in total. The third-order valence-electron chi connectivity index (χ3n) is 7.08. The molecule has 0 saturated carbocycles. The smallest absolute Gasteiger partial charge is 0.350 e. The van der Waals surface area contributed by atoms with E-state index in [9.17, 15) is 14.0 Å². The predicted molar refractivity (Wildman–Crippen MR) is 151 cm³/mol. The molecule has 0 unspecified atom stereocenters. The first kappa shape index (κ1) is 26.5. The normalized spacial score (nSPS) is 15.6. The summed E-state index contributed by atoms with van der Waals surface area (Å²) in [5, 5.41) is 0.771. The van der Waals surface area contributed by atoms with Crippen LogP contribution in [0.2, 0.25) is 5.02 Å². The van der Waals surface area contributed by atoms with Crippen molar-refractivity contribution in [1.29, 1.82) is 0 Å². The molecule has 8 nitrogen and oxygen atoms in total. The van der Waals surface area contributed by atoms with E-state index >= 15 is 0 Å². The van der Waals surface area contributed by atoms with Gasteiger partial charge in [0.2, 0.25) is 5.91 Å². The minimum atomic E-state index is -0.533. The molecule has 0 bridgehead atoms. The molecule has 5 rings (SSSR count). The predicted octanol–water partition coefficient (Wildman–Crippen LogP) is 4.73. The fourth-order valence-corrected chi connectivity index (χ4v) is 5.39. The van der Waals surface area contributed by atoms with Gasteiger partial charge in [-0.25, -0.2) is 18.7 Å². The van der Waals surface area contributed by atoms with Crippen LogP contribution in [0, 0.1) is 12.7 Å². The molecule has 4 aromatic rings. The number of pyridine rings is 2. The van der Waals surface area contributed by atoms with E-state index in [2.05, 4.69) is 16.5 Å². The topological polar surface area (TPSA) is 84.2 Å². The summed E-state index contributed by atoms with van der Waals surface area (Å²) in [6, 6.07) is 9.61. The van der Waals surface area contributed by atoms with Crippen molar-refractivity contribution in [1.82, 2.24) is 24.4 Å². The van der Waals surface area contributed by atoms with Crippen LogP contribution in [0.5, 0.6) is 0 Å². The molecule has 200 valence electrons. The maximum Gasteiger partial charge on any atom is 0.355 e. The van der Waals surface area contributed by atoms with Crippen molar-refractivity contribution in [3.63, 3.8) is 0 Å². The van der Waals surface area contributed by atoms with E-state index in [0.717, 1.165) is 5.56 Å². The van der Waals surface area contributed by atoms with Crippen LogP contribution >= 0.6 is 11.6 Å². The Hall–Kier alpha value is -4.11. The molecule has 0 spiro atoms. The molecule has 1 amide bonds. The lowest BCUT2D eigenvalue weighted by Crippen LogP contribution is -2.54. The van der Waals surface area contributed by atoms with Crippen LogP contribution in [0.25, 0.3) is 28.0 Å². The molecule has 1 fully saturated rings. The van der Waals surface area contributed by atoms with Gasteiger partial charge in [0.1, 0.15) is 11.6 Å². The van der Waals surface area contributed by atoms with E-state index in [-0.39, 0.29) is 28.2 Å². The van der Waals surface area contributed by atoms with E-state index in [0.29, 0.717) is 54.3 Å². The van der Waals surface area contributed by atoms with Gasteiger partial charge in [0, 0.05) is 37.4 Å². The van der Waals surface area contributed by atoms with Crippen molar-refractivity contribution in [2.75, 3.05) is 24.5 Å². The quantitative estimate of drug-likeness (QED) is 0.337. The number of aromatic nitrogens is 4. The number of amides is 1. The maximum atomic E-state index is 14.9. The molecule has 1 aromatic carbocycles. The Morgan fingerprint density at radius 3 is 2.69 bits per heavy atom. The Labute approximate surface area is 230 Å². The van der Waals surface area contributed by atoms with Crippen LogP contribution in [0.4, 0.5) is 10.2 Å². The fraction of sp³-hybridized carbons (Fsp3) is 0.276. The number of benzene rings is 1. The molecule has 10 heteroatoms. The highest BCUT2D eigenvalue weighted by molar-refractivity contribution is 6.33. The van der Waals surface area contributed by atoms with Gasteiger partial charge in [0.25, 0.3) is 0 Å². The van der Waals surface area contributed by atoms with Gasteiger partial charge in [-0.3, -0.25) is 9.78 Å². The number of anilines is 1. The van der Waals surface area contributed by atoms with Gasteiger partial charge < -0.3 is 9.80 Å². The summed E-state index contributed by atoms with van der Waals surface area (Å²) in [6.45, 7) is 10.7. The molecule has 1 aliphatic heterocycles. The summed E-state index contributed by atoms with van der Waals surface area (Å²) in [6.07, 6.45) is 3.58. The Bertz CT molecular complexity index is 1670. The van der Waals surface area contributed by atoms with Crippen molar-refractivity contribution >= 4 is 34.4 Å². The lowest BCUT2D eigenvalue weighted by molar-refractivity contribution is -0.126. The largest absolute Gasteiger partial charge is 0.355 e. The number of nitrogens with zero attached hydrogens (tertiary/aromatic N) is 6. The van der Waals surface area contributed by atoms with Crippen molar-refractivity contribution < 1.29 is 9.18 Å². The summed E-state index contributed by atoms with van der Waals surface area (Å²) in [4.78, 5) is 43.6. The highest BCUT2D eigenvalue weighted by Crippen LogP contribution is 2.35. The number of carbonyl (C=O) groups is 1. The van der Waals surface area contributed by atoms with E-state index in [1.165, 1.54) is 16.7 Å². The van der Waals surface area contributed by atoms with Crippen LogP contribution in [-0.4, -0.2) is 56.0 Å². The number of rotatable bonds is 5. The number of hydrogen-bond donors (Lipinski definition) is 0. The van der Waals surface area contributed by atoms with Crippen LogP contribution in [0.3, 0.4) is 0 Å². The summed E-state index contributed by atoms with van der Waals surface area (Å²) in [5.74, 6) is -0.204. The van der Waals surface area contributed by atoms with Gasteiger partial charge in [-0.05, 0) is 56.2 Å². The van der Waals surface area contributed by atoms with Crippen molar-refractivity contribution in [2.45, 2.75) is 33.2 Å². The monoisotopic (exact) mass is 546 g/mol. The van der Waals surface area contributed by atoms with Gasteiger partial charge in [0.05, 0.1) is 27.5 Å². The molecule has 4 heterocycles. The number of aryl methyl sites for hydroxylation is 2. The second-order valence-electron chi connectivity index (χ2n) is 9.53. The lowest BCUT2D eigenvalue weighted by atomic mass is 10.1. The average molecular weight is 547 g/mol. The zero-order chi connectivity index (χ0) is 27.8. The molecule has 1 saturated heterocycles. The summed E-state index contributed by atoms with van der Waals surface area (Å²) < 4.78 is 16.3. The average Bonchev–Trinajstić information content (AvgIpc) is 2.93. The van der Waals surface area contributed by atoms with Crippen molar-refractivity contribution in [3.8, 4) is 16.9 Å². The van der Waals surface area contributed by atoms with E-state index in [4.69, 9.17) is 16.6 Å². The number of hydrogen-bond acceptors (Lipinski definition) is 6. The van der Waals surface area contributed by atoms with Crippen molar-refractivity contribution in [3.05, 3.63) is 87.8 Å². The molecular formula is C29H28ClFN6O2. The zero-order valence-electron chi connectivity index (χ0n) is 22.0. The van der Waals surface area contributed by atoms with Crippen LogP contribution in [0.15, 0.2) is 60.0 Å². The van der Waals surface area contributed by atoms with Crippen molar-refractivity contribution in [2.24, 2.45) is 0 Å². The van der Waals surface area contributed by atoms with Gasteiger partial charge in [-0.2, -0.15) is 4.98 Å². The Kier molecular flexibility index (Phi) is 7.18. The van der Waals surface area contributed by atoms with Gasteiger partial charge >= 0.3 is 5.69 Å². The van der Waals surface area contributed by atoms with E-state index in [1.54, 1.807) is 35.4 Å². The lowest BCUT2D eigenvalue weighted by Gasteiger charge is -2.40. The summed E-state index contributed by atoms with van der Waals surface area (Å²) in [7, 11) is 0. The minimum Gasteiger partial charge on any atom is -0.350 e. The molecule has 0 radical (unpaired) electrons. The van der Waals surface area contributed by atoms with E-state index in [1.807, 2.05) is 31.7 Å². The van der Waals surface area contributed by atoms with Gasteiger partial charge in [-0.1, -0.05) is 37.2 Å². The maximum absolute atomic E-state index is 14.9. The first-order chi connectivity index (χ1) is 18.7. The summed E-state index contributed by atoms with van der Waals surface area (Å²) >= 11 is 6.73. The molecule has 0 aliphatic carbocycles. The second kappa shape index (κ2) is 10.6. The minimum absolute atomic E-state index is 0.145. The first-order valence-corrected chi connectivity index (χ1v) is 13.1. The Balaban J connectivity index is 1.80. The fourth-order valence-electron chi connectivity index (χ4n) is 5.14. The van der Waals surface area contributed by atoms with E-state index < -0.39 is 11.5 Å². The van der Waals surface area contributed by atoms with Crippen LogP contribution in [-0.2, 0) is 11.2 Å². The SMILES string of the molecule is C=CC(=O)N1CCN(c2nc(=O)n(-c3c(C)ccnc3CC)c3nc(-c4ccccc4F)c(Cl)cc23)[C@@H](C)C1. The molecule has 3 aromatic heterocycles. The molecule has 1 atom stereocenters. The van der Waals surface area contributed by atoms with Crippen LogP contribution < -0.4 is 10.6 Å². The van der Waals surface area contributed by atoms with Gasteiger partial charge in [0.15, 0.2) is 5.65 Å². The standard InChI is InChI=1S/C29H28ClFN6O2/c1-5-23-26(17(3)11-12-32-23)37-28-20(15-21(30)25(33-28)19-9-7-8-10-22(19)31)27(34-29(37)39)36-14-13-35(16-18(36)4)24(38)6-2/h6-12,15,18H,2,5,13-14,16H2,1,3-4H3/t18-/m0/s1. The zero-order valence-corrected chi connectivity index (χ0v) is 22.7.